The van der Waals surface area contributed by atoms with Gasteiger partial charge < -0.3 is 4.74 Å². The molecule has 0 aliphatic carbocycles. The molecule has 4 nitrogen and oxygen atoms in total. The van der Waals surface area contributed by atoms with Crippen molar-refractivity contribution in [2.45, 2.75) is 0 Å². The predicted octanol–water partition coefficient (Wildman–Crippen LogP) is 0.867. The average molecular weight is 200 g/mol. The number of benzene rings is 1. The normalized spacial score (nSPS) is 10.9. The highest BCUT2D eigenvalue weighted by atomic mass is 32.2. The second kappa shape index (κ2) is 3.66. The van der Waals surface area contributed by atoms with Gasteiger partial charge in [0.25, 0.3) is 0 Å². The Morgan fingerprint density at radius 1 is 1.46 bits per heavy atom. The van der Waals surface area contributed by atoms with Crippen LogP contribution in [0.4, 0.5) is 5.69 Å². The van der Waals surface area contributed by atoms with Crippen molar-refractivity contribution in [3.05, 3.63) is 24.3 Å². The number of hydrogen-bond acceptors (Lipinski definition) is 3. The standard InChI is InChI=1S/C8H10NO3S/c1-12-8-5-3-7(4-6-8)9-13(2,10)11/h3-5,9H,1-2H3. The average Bonchev–Trinajstić information content (AvgIpc) is 2.03. The number of ether oxygens (including phenoxy) is 1. The van der Waals surface area contributed by atoms with Gasteiger partial charge in [0, 0.05) is 11.8 Å². The molecule has 0 aliphatic rings. The van der Waals surface area contributed by atoms with E-state index in [0.717, 1.165) is 6.26 Å². The van der Waals surface area contributed by atoms with Gasteiger partial charge in [0.1, 0.15) is 5.75 Å². The van der Waals surface area contributed by atoms with Gasteiger partial charge in [-0.05, 0) is 18.2 Å². The Kier molecular flexibility index (Phi) is 2.77. The van der Waals surface area contributed by atoms with E-state index in [4.69, 9.17) is 4.74 Å². The molecule has 0 aromatic heterocycles. The SMILES string of the molecule is COc1[c]cc(NS(C)(=O)=O)cc1. The summed E-state index contributed by atoms with van der Waals surface area (Å²) in [5, 5.41) is 0. The third-order valence-electron chi connectivity index (χ3n) is 1.31. The molecular formula is C8H10NO3S. The van der Waals surface area contributed by atoms with Crippen molar-refractivity contribution in [2.24, 2.45) is 0 Å². The van der Waals surface area contributed by atoms with Crippen LogP contribution in [0.3, 0.4) is 0 Å². The molecule has 0 spiro atoms. The van der Waals surface area contributed by atoms with E-state index in [2.05, 4.69) is 10.8 Å². The van der Waals surface area contributed by atoms with Crippen LogP contribution in [0.2, 0.25) is 0 Å². The fraction of sp³-hybridized carbons (Fsp3) is 0.250. The van der Waals surface area contributed by atoms with Gasteiger partial charge in [-0.1, -0.05) is 0 Å². The summed E-state index contributed by atoms with van der Waals surface area (Å²) in [5.74, 6) is 0.569. The molecule has 5 heteroatoms. The molecule has 0 fully saturated rings. The molecular weight excluding hydrogens is 190 g/mol. The van der Waals surface area contributed by atoms with Crippen LogP contribution in [-0.4, -0.2) is 21.8 Å². The van der Waals surface area contributed by atoms with Gasteiger partial charge in [0.15, 0.2) is 0 Å². The number of methoxy groups -OCH3 is 1. The first-order valence-electron chi connectivity index (χ1n) is 3.55. The van der Waals surface area contributed by atoms with Crippen molar-refractivity contribution >= 4 is 15.7 Å². The Morgan fingerprint density at radius 3 is 2.54 bits per heavy atom. The molecule has 1 aromatic carbocycles. The summed E-state index contributed by atoms with van der Waals surface area (Å²) in [6.07, 6.45) is 1.09. The van der Waals surface area contributed by atoms with E-state index in [0.29, 0.717) is 11.4 Å². The topological polar surface area (TPSA) is 55.4 Å². The molecule has 0 unspecified atom stereocenters. The number of rotatable bonds is 3. The summed E-state index contributed by atoms with van der Waals surface area (Å²) in [5.41, 5.74) is 0.475. The Hall–Kier alpha value is -1.23. The Bertz CT molecular complexity index is 369. The summed E-state index contributed by atoms with van der Waals surface area (Å²) in [4.78, 5) is 0. The number of hydrogen-bond donors (Lipinski definition) is 1. The minimum atomic E-state index is -3.21. The molecule has 0 atom stereocenters. The largest absolute Gasteiger partial charge is 0.496 e. The molecule has 1 rings (SSSR count). The quantitative estimate of drug-likeness (QED) is 0.787. The summed E-state index contributed by atoms with van der Waals surface area (Å²) in [6, 6.07) is 7.51. The van der Waals surface area contributed by atoms with E-state index >= 15 is 0 Å². The maximum absolute atomic E-state index is 10.8. The van der Waals surface area contributed by atoms with Crippen LogP contribution >= 0.6 is 0 Å². The van der Waals surface area contributed by atoms with Crippen LogP contribution in [0.5, 0.6) is 5.75 Å². The number of anilines is 1. The van der Waals surface area contributed by atoms with Crippen molar-refractivity contribution in [3.8, 4) is 5.75 Å². The van der Waals surface area contributed by atoms with Gasteiger partial charge in [-0.25, -0.2) is 8.42 Å². The van der Waals surface area contributed by atoms with E-state index in [1.165, 1.54) is 13.2 Å². The molecule has 0 amide bonds. The molecule has 0 aliphatic heterocycles. The highest BCUT2D eigenvalue weighted by Gasteiger charge is 2.00. The van der Waals surface area contributed by atoms with E-state index in [1.54, 1.807) is 12.1 Å². The van der Waals surface area contributed by atoms with E-state index < -0.39 is 10.0 Å². The zero-order valence-corrected chi connectivity index (χ0v) is 8.18. The lowest BCUT2D eigenvalue weighted by Gasteiger charge is -2.03. The first-order chi connectivity index (χ1) is 6.01. The maximum atomic E-state index is 10.8. The summed E-state index contributed by atoms with van der Waals surface area (Å²) in [6.45, 7) is 0. The predicted molar refractivity (Wildman–Crippen MR) is 50.3 cm³/mol. The second-order valence-electron chi connectivity index (χ2n) is 2.52. The molecule has 1 radical (unpaired) electrons. The van der Waals surface area contributed by atoms with Gasteiger partial charge in [0.05, 0.1) is 13.4 Å². The van der Waals surface area contributed by atoms with Crippen LogP contribution in [-0.2, 0) is 10.0 Å². The summed E-state index contributed by atoms with van der Waals surface area (Å²) >= 11 is 0. The highest BCUT2D eigenvalue weighted by Crippen LogP contribution is 2.14. The lowest BCUT2D eigenvalue weighted by molar-refractivity contribution is 0.414. The third kappa shape index (κ3) is 3.33. The molecule has 13 heavy (non-hydrogen) atoms. The van der Waals surface area contributed by atoms with Crippen molar-refractivity contribution < 1.29 is 13.2 Å². The molecule has 71 valence electrons. The molecule has 1 aromatic rings. The summed E-state index contributed by atoms with van der Waals surface area (Å²) in [7, 11) is -1.68. The minimum absolute atomic E-state index is 0.475. The van der Waals surface area contributed by atoms with Gasteiger partial charge in [-0.15, -0.1) is 0 Å². The lowest BCUT2D eigenvalue weighted by Crippen LogP contribution is -2.09. The first kappa shape index (κ1) is 9.85. The Labute approximate surface area is 77.6 Å². The monoisotopic (exact) mass is 200 g/mol. The van der Waals surface area contributed by atoms with Crippen molar-refractivity contribution in [2.75, 3.05) is 18.1 Å². The van der Waals surface area contributed by atoms with Crippen molar-refractivity contribution in [1.82, 2.24) is 0 Å². The summed E-state index contributed by atoms with van der Waals surface area (Å²) < 4.78 is 28.8. The third-order valence-corrected chi connectivity index (χ3v) is 1.91. The Balaban J connectivity index is 2.81. The van der Waals surface area contributed by atoms with Crippen LogP contribution < -0.4 is 9.46 Å². The number of sulfonamides is 1. The minimum Gasteiger partial charge on any atom is -0.496 e. The number of nitrogens with one attached hydrogen (secondary N) is 1. The smallest absolute Gasteiger partial charge is 0.229 e. The molecule has 0 saturated carbocycles. The zero-order valence-electron chi connectivity index (χ0n) is 7.37. The van der Waals surface area contributed by atoms with Crippen molar-refractivity contribution in [1.29, 1.82) is 0 Å². The maximum Gasteiger partial charge on any atom is 0.229 e. The van der Waals surface area contributed by atoms with Crippen LogP contribution in [0.25, 0.3) is 0 Å². The van der Waals surface area contributed by atoms with Crippen molar-refractivity contribution in [3.63, 3.8) is 0 Å². The fourth-order valence-corrected chi connectivity index (χ4v) is 1.37. The van der Waals surface area contributed by atoms with Gasteiger partial charge in [0.2, 0.25) is 10.0 Å². The molecule has 0 saturated heterocycles. The van der Waals surface area contributed by atoms with Gasteiger partial charge in [-0.2, -0.15) is 0 Å². The van der Waals surface area contributed by atoms with Gasteiger partial charge >= 0.3 is 0 Å². The van der Waals surface area contributed by atoms with Crippen LogP contribution in [0.15, 0.2) is 18.2 Å². The first-order valence-corrected chi connectivity index (χ1v) is 5.44. The fourth-order valence-electron chi connectivity index (χ4n) is 0.815. The van der Waals surface area contributed by atoms with Crippen LogP contribution in [0.1, 0.15) is 0 Å². The highest BCUT2D eigenvalue weighted by molar-refractivity contribution is 7.92. The molecule has 0 heterocycles. The molecule has 0 bridgehead atoms. The van der Waals surface area contributed by atoms with E-state index in [1.807, 2.05) is 0 Å². The zero-order chi connectivity index (χ0) is 9.90. The Morgan fingerprint density at radius 2 is 2.15 bits per heavy atom. The second-order valence-corrected chi connectivity index (χ2v) is 4.27. The van der Waals surface area contributed by atoms with Crippen LogP contribution in [0, 0.1) is 6.07 Å². The molecule has 1 N–H and O–H groups in total. The van der Waals surface area contributed by atoms with E-state index in [9.17, 15) is 8.42 Å². The van der Waals surface area contributed by atoms with E-state index in [-0.39, 0.29) is 0 Å². The lowest BCUT2D eigenvalue weighted by atomic mass is 10.3. The van der Waals surface area contributed by atoms with Gasteiger partial charge in [-0.3, -0.25) is 4.72 Å².